The van der Waals surface area contributed by atoms with Crippen LogP contribution < -0.4 is 5.32 Å². The van der Waals surface area contributed by atoms with E-state index in [-0.39, 0.29) is 17.9 Å². The average molecular weight is 394 g/mol. The van der Waals surface area contributed by atoms with E-state index in [9.17, 15) is 13.2 Å². The van der Waals surface area contributed by atoms with Crippen molar-refractivity contribution in [1.29, 1.82) is 0 Å². The summed E-state index contributed by atoms with van der Waals surface area (Å²) in [5, 5.41) is 3.47. The minimum absolute atomic E-state index is 0.0145. The maximum Gasteiger partial charge on any atom is 0.416 e. The van der Waals surface area contributed by atoms with Crippen LogP contribution in [0.1, 0.15) is 35.1 Å². The van der Waals surface area contributed by atoms with Crippen molar-refractivity contribution in [3.05, 3.63) is 75.8 Å². The fraction of sp³-hybridized carbons (Fsp3) is 0.263. The largest absolute Gasteiger partial charge is 0.416 e. The third kappa shape index (κ3) is 2.55. The molecule has 1 heterocycles. The molecule has 1 nitrogen and oxygen atoms in total. The van der Waals surface area contributed by atoms with Gasteiger partial charge in [-0.1, -0.05) is 46.3 Å². The zero-order chi connectivity index (χ0) is 16.9. The Labute approximate surface area is 146 Å². The zero-order valence-corrected chi connectivity index (χ0v) is 14.2. The number of anilines is 1. The molecular weight excluding hydrogens is 379 g/mol. The molecule has 0 radical (unpaired) electrons. The van der Waals surface area contributed by atoms with Gasteiger partial charge in [-0.2, -0.15) is 13.2 Å². The smallest absolute Gasteiger partial charge is 0.378 e. The van der Waals surface area contributed by atoms with Crippen molar-refractivity contribution in [1.82, 2.24) is 0 Å². The van der Waals surface area contributed by atoms with Crippen LogP contribution in [0.5, 0.6) is 0 Å². The summed E-state index contributed by atoms with van der Waals surface area (Å²) >= 11 is 3.60. The highest BCUT2D eigenvalue weighted by Crippen LogP contribution is 2.51. The molecule has 0 fully saturated rings. The molecule has 2 aromatic rings. The SMILES string of the molecule is FC(F)(F)c1ccc2c(c1)[C@@H]1C=CC[C@@H]1[C@H](c1ccccc1Br)N2. The van der Waals surface area contributed by atoms with Crippen LogP contribution in [0.4, 0.5) is 18.9 Å². The highest BCUT2D eigenvalue weighted by molar-refractivity contribution is 9.10. The van der Waals surface area contributed by atoms with Crippen LogP contribution >= 0.6 is 15.9 Å². The predicted octanol–water partition coefficient (Wildman–Crippen LogP) is 6.29. The molecule has 0 spiro atoms. The van der Waals surface area contributed by atoms with Crippen LogP contribution in [0.3, 0.4) is 0 Å². The van der Waals surface area contributed by atoms with Gasteiger partial charge in [0.05, 0.1) is 11.6 Å². The van der Waals surface area contributed by atoms with E-state index in [0.717, 1.165) is 33.8 Å². The first-order valence-corrected chi connectivity index (χ1v) is 8.63. The second-order valence-electron chi connectivity index (χ2n) is 6.30. The van der Waals surface area contributed by atoms with Crippen molar-refractivity contribution in [2.45, 2.75) is 24.6 Å². The molecule has 1 aliphatic heterocycles. The van der Waals surface area contributed by atoms with Crippen molar-refractivity contribution < 1.29 is 13.2 Å². The van der Waals surface area contributed by atoms with Gasteiger partial charge in [0.2, 0.25) is 0 Å². The molecule has 0 unspecified atom stereocenters. The predicted molar refractivity (Wildman–Crippen MR) is 91.9 cm³/mol. The quantitative estimate of drug-likeness (QED) is 0.561. The monoisotopic (exact) mass is 393 g/mol. The fourth-order valence-electron chi connectivity index (χ4n) is 3.81. The standard InChI is InChI=1S/C19H15BrF3N/c20-16-7-2-1-4-14(16)18-13-6-3-5-12(13)15-10-11(19(21,22)23)8-9-17(15)24-18/h1-5,7-10,12-13,18,24H,6H2/t12-,13+,18-/m1/s1. The lowest BCUT2D eigenvalue weighted by Gasteiger charge is -2.38. The minimum Gasteiger partial charge on any atom is -0.378 e. The lowest BCUT2D eigenvalue weighted by molar-refractivity contribution is -0.137. The van der Waals surface area contributed by atoms with E-state index in [4.69, 9.17) is 0 Å². The van der Waals surface area contributed by atoms with Crippen molar-refractivity contribution in [2.24, 2.45) is 5.92 Å². The van der Waals surface area contributed by atoms with E-state index in [1.807, 2.05) is 24.3 Å². The van der Waals surface area contributed by atoms with Crippen LogP contribution in [0.15, 0.2) is 59.1 Å². The van der Waals surface area contributed by atoms with E-state index in [1.165, 1.54) is 6.07 Å². The summed E-state index contributed by atoms with van der Waals surface area (Å²) in [6, 6.07) is 12.1. The van der Waals surface area contributed by atoms with Crippen LogP contribution in [0.2, 0.25) is 0 Å². The fourth-order valence-corrected chi connectivity index (χ4v) is 4.34. The van der Waals surface area contributed by atoms with E-state index in [1.54, 1.807) is 6.07 Å². The van der Waals surface area contributed by atoms with Gasteiger partial charge in [-0.25, -0.2) is 0 Å². The molecule has 124 valence electrons. The summed E-state index contributed by atoms with van der Waals surface area (Å²) in [5.41, 5.74) is 2.09. The Morgan fingerprint density at radius 2 is 1.83 bits per heavy atom. The highest BCUT2D eigenvalue weighted by Gasteiger charge is 2.40. The first-order valence-electron chi connectivity index (χ1n) is 7.84. The lowest BCUT2D eigenvalue weighted by Crippen LogP contribution is -2.29. The normalized spacial score (nSPS) is 25.1. The van der Waals surface area contributed by atoms with Crippen molar-refractivity contribution in [2.75, 3.05) is 5.32 Å². The Balaban J connectivity index is 1.79. The molecule has 1 aliphatic carbocycles. The van der Waals surface area contributed by atoms with E-state index >= 15 is 0 Å². The number of halogens is 4. The molecule has 0 saturated carbocycles. The van der Waals surface area contributed by atoms with Gasteiger partial charge in [0.15, 0.2) is 0 Å². The molecule has 0 amide bonds. The number of hydrogen-bond acceptors (Lipinski definition) is 1. The summed E-state index contributed by atoms with van der Waals surface area (Å²) in [6.45, 7) is 0. The molecule has 0 bridgehead atoms. The third-order valence-electron chi connectivity index (χ3n) is 4.93. The summed E-state index contributed by atoms with van der Waals surface area (Å²) in [7, 11) is 0. The first kappa shape index (κ1) is 15.8. The van der Waals surface area contributed by atoms with Gasteiger partial charge in [-0.05, 0) is 47.7 Å². The molecular formula is C19H15BrF3N. The lowest BCUT2D eigenvalue weighted by atomic mass is 9.76. The number of alkyl halides is 3. The Bertz CT molecular complexity index is 812. The molecule has 1 N–H and O–H groups in total. The Morgan fingerprint density at radius 1 is 1.04 bits per heavy atom. The van der Waals surface area contributed by atoms with Gasteiger partial charge in [-0.15, -0.1) is 0 Å². The van der Waals surface area contributed by atoms with Gasteiger partial charge in [0.1, 0.15) is 0 Å². The van der Waals surface area contributed by atoms with Gasteiger partial charge in [-0.3, -0.25) is 0 Å². The molecule has 24 heavy (non-hydrogen) atoms. The molecule has 5 heteroatoms. The van der Waals surface area contributed by atoms with Gasteiger partial charge >= 0.3 is 6.18 Å². The van der Waals surface area contributed by atoms with Crippen LogP contribution in [0.25, 0.3) is 0 Å². The highest BCUT2D eigenvalue weighted by atomic mass is 79.9. The second-order valence-corrected chi connectivity index (χ2v) is 7.15. The van der Waals surface area contributed by atoms with Crippen molar-refractivity contribution in [3.63, 3.8) is 0 Å². The molecule has 0 saturated heterocycles. The summed E-state index contributed by atoms with van der Waals surface area (Å²) in [4.78, 5) is 0. The number of allylic oxidation sites excluding steroid dienone is 2. The van der Waals surface area contributed by atoms with Crippen LogP contribution in [-0.4, -0.2) is 0 Å². The molecule has 0 aromatic heterocycles. The number of benzene rings is 2. The summed E-state index contributed by atoms with van der Waals surface area (Å²) in [6.07, 6.45) is 0.677. The number of nitrogens with one attached hydrogen (secondary N) is 1. The number of hydrogen-bond donors (Lipinski definition) is 1. The van der Waals surface area contributed by atoms with Gasteiger partial charge in [0.25, 0.3) is 0 Å². The third-order valence-corrected chi connectivity index (χ3v) is 5.65. The van der Waals surface area contributed by atoms with Crippen LogP contribution in [-0.2, 0) is 6.18 Å². The summed E-state index contributed by atoms with van der Waals surface area (Å²) in [5.74, 6) is 0.236. The molecule has 3 atom stereocenters. The second kappa shape index (κ2) is 5.66. The minimum atomic E-state index is -4.31. The van der Waals surface area contributed by atoms with Crippen LogP contribution in [0, 0.1) is 5.92 Å². The summed E-state index contributed by atoms with van der Waals surface area (Å²) < 4.78 is 40.2. The van der Waals surface area contributed by atoms with E-state index in [0.29, 0.717) is 0 Å². The molecule has 2 aromatic carbocycles. The van der Waals surface area contributed by atoms with Crippen molar-refractivity contribution >= 4 is 21.6 Å². The van der Waals surface area contributed by atoms with Crippen molar-refractivity contribution in [3.8, 4) is 0 Å². The maximum atomic E-state index is 13.1. The number of fused-ring (bicyclic) bond motifs is 3. The van der Waals surface area contributed by atoms with E-state index in [2.05, 4.69) is 33.4 Å². The van der Waals surface area contributed by atoms with E-state index < -0.39 is 11.7 Å². The maximum absolute atomic E-state index is 13.1. The Hall–Kier alpha value is -1.75. The Morgan fingerprint density at radius 3 is 2.58 bits per heavy atom. The average Bonchev–Trinajstić information content (AvgIpc) is 3.03. The Kier molecular flexibility index (Phi) is 3.71. The number of rotatable bonds is 1. The van der Waals surface area contributed by atoms with Gasteiger partial charge in [0, 0.05) is 16.1 Å². The molecule has 4 rings (SSSR count). The molecule has 2 aliphatic rings. The first-order chi connectivity index (χ1) is 11.4. The zero-order valence-electron chi connectivity index (χ0n) is 12.6. The topological polar surface area (TPSA) is 12.0 Å². The van der Waals surface area contributed by atoms with Gasteiger partial charge < -0.3 is 5.32 Å².